The van der Waals surface area contributed by atoms with Gasteiger partial charge in [-0.3, -0.25) is 9.69 Å². The Hall–Kier alpha value is -1.49. The van der Waals surface area contributed by atoms with Crippen molar-refractivity contribution >= 4 is 5.91 Å². The van der Waals surface area contributed by atoms with E-state index in [4.69, 9.17) is 0 Å². The van der Waals surface area contributed by atoms with E-state index < -0.39 is 11.6 Å². The summed E-state index contributed by atoms with van der Waals surface area (Å²) < 4.78 is 27.1. The molecule has 0 radical (unpaired) electrons. The Bertz CT molecular complexity index is 507. The van der Waals surface area contributed by atoms with Crippen molar-refractivity contribution < 1.29 is 13.6 Å². The van der Waals surface area contributed by atoms with Crippen LogP contribution < -0.4 is 5.32 Å². The maximum atomic E-state index is 14.0. The smallest absolute Gasteiger partial charge is 0.217 e. The molecule has 2 atom stereocenters. The van der Waals surface area contributed by atoms with Crippen molar-refractivity contribution in [3.63, 3.8) is 0 Å². The van der Waals surface area contributed by atoms with Crippen LogP contribution in [-0.4, -0.2) is 29.9 Å². The fourth-order valence-corrected chi connectivity index (χ4v) is 3.14. The second kappa shape index (κ2) is 6.98. The van der Waals surface area contributed by atoms with Gasteiger partial charge in [-0.25, -0.2) is 8.78 Å². The summed E-state index contributed by atoms with van der Waals surface area (Å²) >= 11 is 0. The van der Waals surface area contributed by atoms with Crippen LogP contribution in [0.4, 0.5) is 8.78 Å². The Kier molecular flexibility index (Phi) is 5.28. The molecule has 1 amide bonds. The van der Waals surface area contributed by atoms with Crippen LogP contribution in [0, 0.1) is 11.6 Å². The fourth-order valence-electron chi connectivity index (χ4n) is 3.14. The molecule has 2 rings (SSSR count). The molecule has 0 aliphatic carbocycles. The number of hydrogen-bond donors (Lipinski definition) is 1. The number of hydrogen-bond acceptors (Lipinski definition) is 2. The van der Waals surface area contributed by atoms with Crippen LogP contribution in [-0.2, 0) is 4.79 Å². The van der Waals surface area contributed by atoms with Crippen molar-refractivity contribution in [1.82, 2.24) is 10.2 Å². The zero-order valence-corrected chi connectivity index (χ0v) is 12.5. The number of carbonyl (C=O) groups excluding carboxylic acids is 1. The van der Waals surface area contributed by atoms with Crippen LogP contribution in [0.1, 0.15) is 44.7 Å². The van der Waals surface area contributed by atoms with Gasteiger partial charge < -0.3 is 5.32 Å². The molecule has 1 aromatic carbocycles. The summed E-state index contributed by atoms with van der Waals surface area (Å²) in [6, 6.07) is 3.79. The molecule has 116 valence electrons. The molecule has 5 heteroatoms. The standard InChI is InChI=1S/C16H22F2N2O/c1-3-16(14-7-6-12(17)9-15(14)18)20-8-4-5-13(10-20)19-11(2)21/h6-7,9,13,16H,3-5,8,10H2,1-2H3,(H,19,21)/t13-,16+/m0/s1. The van der Waals surface area contributed by atoms with Crippen LogP contribution in [0.15, 0.2) is 18.2 Å². The van der Waals surface area contributed by atoms with E-state index in [1.165, 1.54) is 19.1 Å². The van der Waals surface area contributed by atoms with E-state index in [1.54, 1.807) is 0 Å². The molecule has 1 fully saturated rings. The first-order valence-electron chi connectivity index (χ1n) is 7.47. The number of piperidine rings is 1. The molecule has 0 spiro atoms. The molecular formula is C16H22F2N2O. The topological polar surface area (TPSA) is 32.3 Å². The van der Waals surface area contributed by atoms with Gasteiger partial charge >= 0.3 is 0 Å². The largest absolute Gasteiger partial charge is 0.352 e. The highest BCUT2D eigenvalue weighted by atomic mass is 19.1. The molecule has 3 nitrogen and oxygen atoms in total. The summed E-state index contributed by atoms with van der Waals surface area (Å²) in [5.74, 6) is -1.09. The van der Waals surface area contributed by atoms with Crippen LogP contribution in [0.2, 0.25) is 0 Å². The van der Waals surface area contributed by atoms with Crippen LogP contribution in [0.5, 0.6) is 0 Å². The molecule has 1 saturated heterocycles. The zero-order chi connectivity index (χ0) is 15.4. The number of halogens is 2. The third-order valence-corrected chi connectivity index (χ3v) is 4.01. The van der Waals surface area contributed by atoms with Crippen molar-refractivity contribution in [2.75, 3.05) is 13.1 Å². The first-order chi connectivity index (χ1) is 10.0. The van der Waals surface area contributed by atoms with Gasteiger partial charge in [0.25, 0.3) is 0 Å². The molecule has 1 N–H and O–H groups in total. The Labute approximate surface area is 124 Å². The molecule has 1 heterocycles. The number of carbonyl (C=O) groups is 1. The van der Waals surface area contributed by atoms with Crippen molar-refractivity contribution in [1.29, 1.82) is 0 Å². The van der Waals surface area contributed by atoms with Gasteiger partial charge in [-0.2, -0.15) is 0 Å². The normalized spacial score (nSPS) is 21.0. The first kappa shape index (κ1) is 15.9. The van der Waals surface area contributed by atoms with Gasteiger partial charge in [-0.1, -0.05) is 13.0 Å². The average Bonchev–Trinajstić information content (AvgIpc) is 2.41. The van der Waals surface area contributed by atoms with E-state index >= 15 is 0 Å². The monoisotopic (exact) mass is 296 g/mol. The summed E-state index contributed by atoms with van der Waals surface area (Å²) in [6.45, 7) is 5.08. The maximum absolute atomic E-state index is 14.0. The molecule has 0 aromatic heterocycles. The van der Waals surface area contributed by atoms with Crippen molar-refractivity contribution in [2.24, 2.45) is 0 Å². The third-order valence-electron chi connectivity index (χ3n) is 4.01. The number of rotatable bonds is 4. The van der Waals surface area contributed by atoms with Crippen LogP contribution >= 0.6 is 0 Å². The van der Waals surface area contributed by atoms with Gasteiger partial charge in [-0.05, 0) is 31.9 Å². The van der Waals surface area contributed by atoms with E-state index in [-0.39, 0.29) is 18.0 Å². The SMILES string of the molecule is CC[C@H](c1ccc(F)cc1F)N1CCC[C@H](NC(C)=O)C1. The summed E-state index contributed by atoms with van der Waals surface area (Å²) in [6.07, 6.45) is 2.65. The molecule has 1 aliphatic rings. The highest BCUT2D eigenvalue weighted by molar-refractivity contribution is 5.73. The lowest BCUT2D eigenvalue weighted by molar-refractivity contribution is -0.120. The second-order valence-electron chi connectivity index (χ2n) is 5.62. The van der Waals surface area contributed by atoms with Gasteiger partial charge in [0, 0.05) is 37.2 Å². The first-order valence-corrected chi connectivity index (χ1v) is 7.47. The van der Waals surface area contributed by atoms with E-state index in [0.29, 0.717) is 12.1 Å². The maximum Gasteiger partial charge on any atom is 0.217 e. The van der Waals surface area contributed by atoms with Crippen LogP contribution in [0.3, 0.4) is 0 Å². The van der Waals surface area contributed by atoms with E-state index in [9.17, 15) is 13.6 Å². The molecule has 0 unspecified atom stereocenters. The lowest BCUT2D eigenvalue weighted by Gasteiger charge is -2.38. The highest BCUT2D eigenvalue weighted by Crippen LogP contribution is 2.29. The van der Waals surface area contributed by atoms with E-state index in [1.807, 2.05) is 6.92 Å². The van der Waals surface area contributed by atoms with Crippen molar-refractivity contribution in [2.45, 2.75) is 45.2 Å². The predicted octanol–water partition coefficient (Wildman–Crippen LogP) is 3.02. The highest BCUT2D eigenvalue weighted by Gasteiger charge is 2.27. The van der Waals surface area contributed by atoms with Crippen molar-refractivity contribution in [3.05, 3.63) is 35.4 Å². The molecule has 1 aliphatic heterocycles. The Morgan fingerprint density at radius 3 is 2.86 bits per heavy atom. The minimum atomic E-state index is -0.555. The molecular weight excluding hydrogens is 274 g/mol. The van der Waals surface area contributed by atoms with E-state index in [0.717, 1.165) is 31.9 Å². The fraction of sp³-hybridized carbons (Fsp3) is 0.562. The minimum absolute atomic E-state index is 0.0390. The predicted molar refractivity (Wildman–Crippen MR) is 77.8 cm³/mol. The molecule has 21 heavy (non-hydrogen) atoms. The number of nitrogens with one attached hydrogen (secondary N) is 1. The van der Waals surface area contributed by atoms with Gasteiger partial charge in [0.15, 0.2) is 0 Å². The summed E-state index contributed by atoms with van der Waals surface area (Å²) in [7, 11) is 0. The average molecular weight is 296 g/mol. The lowest BCUT2D eigenvalue weighted by Crippen LogP contribution is -2.48. The molecule has 0 saturated carbocycles. The second-order valence-corrected chi connectivity index (χ2v) is 5.62. The number of likely N-dealkylation sites (tertiary alicyclic amines) is 1. The summed E-state index contributed by atoms with van der Waals surface area (Å²) in [5.41, 5.74) is 0.530. The Morgan fingerprint density at radius 2 is 2.24 bits per heavy atom. The van der Waals surface area contributed by atoms with Crippen molar-refractivity contribution in [3.8, 4) is 0 Å². The molecule has 1 aromatic rings. The molecule has 0 bridgehead atoms. The number of benzene rings is 1. The Balaban J connectivity index is 2.14. The number of amides is 1. The van der Waals surface area contributed by atoms with Gasteiger partial charge in [0.2, 0.25) is 5.91 Å². The van der Waals surface area contributed by atoms with E-state index in [2.05, 4.69) is 10.2 Å². The van der Waals surface area contributed by atoms with Gasteiger partial charge in [0.05, 0.1) is 0 Å². The summed E-state index contributed by atoms with van der Waals surface area (Å²) in [5, 5.41) is 2.93. The zero-order valence-electron chi connectivity index (χ0n) is 12.5. The van der Waals surface area contributed by atoms with Gasteiger partial charge in [0.1, 0.15) is 11.6 Å². The number of nitrogens with zero attached hydrogens (tertiary/aromatic N) is 1. The Morgan fingerprint density at radius 1 is 1.48 bits per heavy atom. The minimum Gasteiger partial charge on any atom is -0.352 e. The third kappa shape index (κ3) is 4.00. The summed E-state index contributed by atoms with van der Waals surface area (Å²) in [4.78, 5) is 13.4. The quantitative estimate of drug-likeness (QED) is 0.926. The van der Waals surface area contributed by atoms with Gasteiger partial charge in [-0.15, -0.1) is 0 Å². The van der Waals surface area contributed by atoms with Crippen LogP contribution in [0.25, 0.3) is 0 Å². The lowest BCUT2D eigenvalue weighted by atomic mass is 9.97.